The molecule has 2 rings (SSSR count). The lowest BCUT2D eigenvalue weighted by Crippen LogP contribution is -2.32. The monoisotopic (exact) mass is 251 g/mol. The van der Waals surface area contributed by atoms with Crippen LogP contribution in [0.4, 0.5) is 4.39 Å². The molecule has 18 heavy (non-hydrogen) atoms. The van der Waals surface area contributed by atoms with Crippen LogP contribution in [0, 0.1) is 5.82 Å². The number of aliphatic hydroxyl groups excluding tert-OH is 1. The van der Waals surface area contributed by atoms with Crippen LogP contribution in [-0.4, -0.2) is 17.7 Å². The average molecular weight is 251 g/mol. The van der Waals surface area contributed by atoms with E-state index in [2.05, 4.69) is 5.32 Å². The minimum atomic E-state index is -0.498. The molecule has 0 spiro atoms. The highest BCUT2D eigenvalue weighted by atomic mass is 19.1. The summed E-state index contributed by atoms with van der Waals surface area (Å²) in [5, 5.41) is 13.5. The van der Waals surface area contributed by atoms with Gasteiger partial charge in [0.25, 0.3) is 0 Å². The normalized spacial score (nSPS) is 18.8. The van der Waals surface area contributed by atoms with Gasteiger partial charge in [0.2, 0.25) is 0 Å². The zero-order chi connectivity index (χ0) is 12.8. The smallest absolute Gasteiger partial charge is 0.123 e. The molecular weight excluding hydrogens is 229 g/mol. The summed E-state index contributed by atoms with van der Waals surface area (Å²) >= 11 is 0. The van der Waals surface area contributed by atoms with Crippen LogP contribution >= 0.6 is 0 Å². The Morgan fingerprint density at radius 1 is 1.17 bits per heavy atom. The molecule has 0 saturated heterocycles. The zero-order valence-corrected chi connectivity index (χ0v) is 10.7. The van der Waals surface area contributed by atoms with E-state index >= 15 is 0 Å². The van der Waals surface area contributed by atoms with Crippen LogP contribution in [0.15, 0.2) is 24.3 Å². The third-order valence-electron chi connectivity index (χ3n) is 3.71. The molecular formula is C15H22FNO. The van der Waals surface area contributed by atoms with Crippen molar-refractivity contribution in [2.24, 2.45) is 0 Å². The second kappa shape index (κ2) is 6.86. The molecule has 1 unspecified atom stereocenters. The molecule has 1 atom stereocenters. The molecule has 1 aromatic carbocycles. The summed E-state index contributed by atoms with van der Waals surface area (Å²) in [6, 6.07) is 6.72. The first kappa shape index (κ1) is 13.5. The van der Waals surface area contributed by atoms with Gasteiger partial charge in [-0.1, -0.05) is 31.4 Å². The van der Waals surface area contributed by atoms with E-state index in [-0.39, 0.29) is 5.82 Å². The van der Waals surface area contributed by atoms with Gasteiger partial charge < -0.3 is 10.4 Å². The molecule has 2 N–H and O–H groups in total. The summed E-state index contributed by atoms with van der Waals surface area (Å²) in [6.45, 7) is 0.823. The lowest BCUT2D eigenvalue weighted by atomic mass is 9.95. The third kappa shape index (κ3) is 4.07. The van der Waals surface area contributed by atoms with Gasteiger partial charge >= 0.3 is 0 Å². The molecule has 0 amide bonds. The van der Waals surface area contributed by atoms with Crippen molar-refractivity contribution in [3.63, 3.8) is 0 Å². The first-order chi connectivity index (χ1) is 8.75. The molecule has 1 fully saturated rings. The van der Waals surface area contributed by atoms with Crippen LogP contribution in [0.5, 0.6) is 0 Å². The van der Waals surface area contributed by atoms with Gasteiger partial charge in [0.1, 0.15) is 5.82 Å². The van der Waals surface area contributed by atoms with Crippen molar-refractivity contribution in [3.05, 3.63) is 35.6 Å². The number of hydrogen-bond donors (Lipinski definition) is 2. The lowest BCUT2D eigenvalue weighted by molar-refractivity contribution is 0.164. The second-order valence-corrected chi connectivity index (χ2v) is 5.15. The van der Waals surface area contributed by atoms with E-state index < -0.39 is 6.10 Å². The van der Waals surface area contributed by atoms with Crippen molar-refractivity contribution in [2.75, 3.05) is 6.54 Å². The van der Waals surface area contributed by atoms with Crippen molar-refractivity contribution in [1.29, 1.82) is 0 Å². The highest BCUT2D eigenvalue weighted by Gasteiger charge is 2.13. The van der Waals surface area contributed by atoms with Crippen LogP contribution in [0.1, 0.15) is 50.2 Å². The molecule has 0 heterocycles. The molecule has 1 aliphatic rings. The van der Waals surface area contributed by atoms with E-state index in [0.29, 0.717) is 12.5 Å². The number of halogens is 1. The molecule has 100 valence electrons. The summed E-state index contributed by atoms with van der Waals surface area (Å²) in [5.41, 5.74) is 0.793. The number of aliphatic hydroxyl groups is 1. The largest absolute Gasteiger partial charge is 0.388 e. The molecule has 1 saturated carbocycles. The summed E-state index contributed by atoms with van der Waals surface area (Å²) in [6.07, 6.45) is 6.69. The Bertz CT molecular complexity index is 346. The molecule has 1 aliphatic carbocycles. The van der Waals surface area contributed by atoms with E-state index in [9.17, 15) is 9.50 Å². The maximum Gasteiger partial charge on any atom is 0.123 e. The van der Waals surface area contributed by atoms with Crippen molar-refractivity contribution < 1.29 is 9.50 Å². The first-order valence-corrected chi connectivity index (χ1v) is 6.92. The van der Waals surface area contributed by atoms with E-state index in [1.54, 1.807) is 12.1 Å². The van der Waals surface area contributed by atoms with Crippen LogP contribution in [0.2, 0.25) is 0 Å². The fourth-order valence-corrected chi connectivity index (χ4v) is 2.58. The lowest BCUT2D eigenvalue weighted by Gasteiger charge is -2.23. The van der Waals surface area contributed by atoms with Gasteiger partial charge in [0.15, 0.2) is 0 Å². The molecule has 1 aromatic rings. The van der Waals surface area contributed by atoms with E-state index in [1.165, 1.54) is 44.2 Å². The van der Waals surface area contributed by atoms with Crippen molar-refractivity contribution >= 4 is 0 Å². The highest BCUT2D eigenvalue weighted by molar-refractivity contribution is 5.18. The molecule has 0 aromatic heterocycles. The summed E-state index contributed by atoms with van der Waals surface area (Å²) in [5.74, 6) is -0.258. The Balaban J connectivity index is 1.70. The molecule has 0 radical (unpaired) electrons. The fourth-order valence-electron chi connectivity index (χ4n) is 2.58. The van der Waals surface area contributed by atoms with E-state index in [0.717, 1.165) is 12.1 Å². The zero-order valence-electron chi connectivity index (χ0n) is 10.7. The summed E-state index contributed by atoms with van der Waals surface area (Å²) < 4.78 is 12.8. The Morgan fingerprint density at radius 2 is 1.83 bits per heavy atom. The topological polar surface area (TPSA) is 32.3 Å². The summed E-state index contributed by atoms with van der Waals surface area (Å²) in [4.78, 5) is 0. The standard InChI is InChI=1S/C15H22FNO/c16-13-8-6-12(7-9-13)15(18)10-11-17-14-4-2-1-3-5-14/h6-9,14-15,17-18H,1-5,10-11H2. The van der Waals surface area contributed by atoms with Gasteiger partial charge in [-0.2, -0.15) is 0 Å². The second-order valence-electron chi connectivity index (χ2n) is 5.15. The van der Waals surface area contributed by atoms with E-state index in [4.69, 9.17) is 0 Å². The van der Waals surface area contributed by atoms with Crippen molar-refractivity contribution in [3.8, 4) is 0 Å². The number of benzene rings is 1. The fraction of sp³-hybridized carbons (Fsp3) is 0.600. The quantitative estimate of drug-likeness (QED) is 0.842. The predicted molar refractivity (Wildman–Crippen MR) is 70.9 cm³/mol. The average Bonchev–Trinajstić information content (AvgIpc) is 2.40. The predicted octanol–water partition coefficient (Wildman–Crippen LogP) is 3.17. The third-order valence-corrected chi connectivity index (χ3v) is 3.71. The van der Waals surface area contributed by atoms with Crippen molar-refractivity contribution in [2.45, 2.75) is 50.7 Å². The van der Waals surface area contributed by atoms with Gasteiger partial charge in [-0.05, 0) is 43.5 Å². The Hall–Kier alpha value is -0.930. The first-order valence-electron chi connectivity index (χ1n) is 6.92. The summed E-state index contributed by atoms with van der Waals surface area (Å²) in [7, 11) is 0. The minimum Gasteiger partial charge on any atom is -0.388 e. The van der Waals surface area contributed by atoms with Crippen molar-refractivity contribution in [1.82, 2.24) is 5.32 Å². The molecule has 2 nitrogen and oxygen atoms in total. The van der Waals surface area contributed by atoms with Crippen LogP contribution in [-0.2, 0) is 0 Å². The molecule has 0 bridgehead atoms. The number of nitrogens with one attached hydrogen (secondary N) is 1. The van der Waals surface area contributed by atoms with Gasteiger partial charge in [0, 0.05) is 6.04 Å². The number of hydrogen-bond acceptors (Lipinski definition) is 2. The number of rotatable bonds is 5. The van der Waals surface area contributed by atoms with E-state index in [1.807, 2.05) is 0 Å². The van der Waals surface area contributed by atoms with Gasteiger partial charge in [0.05, 0.1) is 6.10 Å². The van der Waals surface area contributed by atoms with Crippen LogP contribution in [0.25, 0.3) is 0 Å². The highest BCUT2D eigenvalue weighted by Crippen LogP contribution is 2.19. The molecule has 3 heteroatoms. The van der Waals surface area contributed by atoms with Crippen LogP contribution < -0.4 is 5.32 Å². The van der Waals surface area contributed by atoms with Gasteiger partial charge in [-0.3, -0.25) is 0 Å². The Labute approximate surface area is 108 Å². The maximum absolute atomic E-state index is 12.8. The Kier molecular flexibility index (Phi) is 5.14. The minimum absolute atomic E-state index is 0.258. The van der Waals surface area contributed by atoms with Crippen LogP contribution in [0.3, 0.4) is 0 Å². The molecule has 0 aliphatic heterocycles. The maximum atomic E-state index is 12.8. The van der Waals surface area contributed by atoms with Gasteiger partial charge in [-0.15, -0.1) is 0 Å². The van der Waals surface area contributed by atoms with Gasteiger partial charge in [-0.25, -0.2) is 4.39 Å². The Morgan fingerprint density at radius 3 is 2.50 bits per heavy atom. The SMILES string of the molecule is OC(CCNC1CCCCC1)c1ccc(F)cc1.